The summed E-state index contributed by atoms with van der Waals surface area (Å²) in [5, 5.41) is 10.1. The van der Waals surface area contributed by atoms with Crippen LogP contribution in [0, 0.1) is 0 Å². The number of aromatic carboxylic acids is 1. The van der Waals surface area contributed by atoms with E-state index < -0.39 is 46.5 Å². The van der Waals surface area contributed by atoms with E-state index in [2.05, 4.69) is 0 Å². The molecule has 0 saturated heterocycles. The molecule has 0 unspecified atom stereocenters. The molecule has 0 aliphatic rings. The number of sulfonamides is 1. The van der Waals surface area contributed by atoms with E-state index in [9.17, 15) is 26.4 Å². The van der Waals surface area contributed by atoms with Crippen LogP contribution in [0.15, 0.2) is 16.3 Å². The number of rotatable bonds is 6. The van der Waals surface area contributed by atoms with Crippen molar-refractivity contribution in [3.05, 3.63) is 16.3 Å². The first-order valence-electron chi connectivity index (χ1n) is 5.01. The molecule has 1 aromatic rings. The first kappa shape index (κ1) is 15.9. The SMILES string of the molecule is O=C(O)c1sccc1S(=O)(=O)NCCCC(F)(F)F. The monoisotopic (exact) mass is 317 g/mol. The Bertz CT molecular complexity index is 550. The van der Waals surface area contributed by atoms with E-state index in [1.54, 1.807) is 0 Å². The van der Waals surface area contributed by atoms with Crippen molar-refractivity contribution >= 4 is 27.3 Å². The molecule has 1 heterocycles. The zero-order chi connectivity index (χ0) is 14.7. The lowest BCUT2D eigenvalue weighted by Crippen LogP contribution is -2.26. The quantitative estimate of drug-likeness (QED) is 0.787. The fourth-order valence-electron chi connectivity index (χ4n) is 1.24. The number of carboxylic acids is 1. The van der Waals surface area contributed by atoms with E-state index in [4.69, 9.17) is 5.11 Å². The van der Waals surface area contributed by atoms with Crippen molar-refractivity contribution in [1.29, 1.82) is 0 Å². The minimum absolute atomic E-state index is 0.372. The van der Waals surface area contributed by atoms with Crippen molar-refractivity contribution in [2.24, 2.45) is 0 Å². The molecule has 5 nitrogen and oxygen atoms in total. The highest BCUT2D eigenvalue weighted by Crippen LogP contribution is 2.23. The molecule has 0 aliphatic carbocycles. The Morgan fingerprint density at radius 2 is 2.05 bits per heavy atom. The fourth-order valence-corrected chi connectivity index (χ4v) is 3.57. The topological polar surface area (TPSA) is 83.5 Å². The molecule has 0 spiro atoms. The molecule has 0 amide bonds. The first-order chi connectivity index (χ1) is 8.63. The van der Waals surface area contributed by atoms with Crippen LogP contribution in [-0.4, -0.2) is 32.2 Å². The smallest absolute Gasteiger partial charge is 0.389 e. The Morgan fingerprint density at radius 1 is 1.42 bits per heavy atom. The van der Waals surface area contributed by atoms with E-state index in [0.717, 1.165) is 17.4 Å². The van der Waals surface area contributed by atoms with Crippen LogP contribution in [0.3, 0.4) is 0 Å². The van der Waals surface area contributed by atoms with E-state index in [0.29, 0.717) is 0 Å². The average Bonchev–Trinajstić information content (AvgIpc) is 2.72. The highest BCUT2D eigenvalue weighted by molar-refractivity contribution is 7.89. The van der Waals surface area contributed by atoms with Crippen LogP contribution in [0.1, 0.15) is 22.5 Å². The number of halogens is 3. The van der Waals surface area contributed by atoms with Gasteiger partial charge in [-0.2, -0.15) is 13.2 Å². The molecular formula is C9H10F3NO4S2. The van der Waals surface area contributed by atoms with Crippen molar-refractivity contribution in [1.82, 2.24) is 4.72 Å². The normalized spacial score (nSPS) is 12.6. The Hall–Kier alpha value is -1.13. The maximum absolute atomic E-state index is 11.9. The van der Waals surface area contributed by atoms with Gasteiger partial charge in [-0.3, -0.25) is 0 Å². The van der Waals surface area contributed by atoms with Crippen LogP contribution in [0.4, 0.5) is 13.2 Å². The van der Waals surface area contributed by atoms with E-state index in [-0.39, 0.29) is 4.88 Å². The molecule has 10 heteroatoms. The Balaban J connectivity index is 2.67. The van der Waals surface area contributed by atoms with Crippen molar-refractivity contribution in [3.63, 3.8) is 0 Å². The largest absolute Gasteiger partial charge is 0.477 e. The van der Waals surface area contributed by atoms with Crippen molar-refractivity contribution < 1.29 is 31.5 Å². The molecule has 2 N–H and O–H groups in total. The second-order valence-electron chi connectivity index (χ2n) is 3.54. The van der Waals surface area contributed by atoms with Crippen LogP contribution < -0.4 is 4.72 Å². The van der Waals surface area contributed by atoms with Crippen molar-refractivity contribution in [3.8, 4) is 0 Å². The Kier molecular flexibility index (Phi) is 4.93. The molecule has 0 fully saturated rings. The standard InChI is InChI=1S/C9H10F3NO4S2/c10-9(11,12)3-1-4-13-19(16,17)6-2-5-18-7(6)8(14)15/h2,5,13H,1,3-4H2,(H,14,15). The lowest BCUT2D eigenvalue weighted by Gasteiger charge is -2.08. The second-order valence-corrected chi connectivity index (χ2v) is 6.19. The number of hydrogen-bond acceptors (Lipinski definition) is 4. The first-order valence-corrected chi connectivity index (χ1v) is 7.37. The molecule has 0 aromatic carbocycles. The average molecular weight is 317 g/mol. The molecule has 108 valence electrons. The minimum atomic E-state index is -4.35. The summed E-state index contributed by atoms with van der Waals surface area (Å²) in [5.74, 6) is -1.40. The number of alkyl halides is 3. The number of thiophene rings is 1. The van der Waals surface area contributed by atoms with Gasteiger partial charge < -0.3 is 5.11 Å². The van der Waals surface area contributed by atoms with E-state index in [1.807, 2.05) is 4.72 Å². The molecule has 0 radical (unpaired) electrons. The molecule has 19 heavy (non-hydrogen) atoms. The Labute approximate surface area is 111 Å². The van der Waals surface area contributed by atoms with Gasteiger partial charge in [0.05, 0.1) is 0 Å². The third-order valence-corrected chi connectivity index (χ3v) is 4.58. The van der Waals surface area contributed by atoms with Crippen LogP contribution in [0.25, 0.3) is 0 Å². The molecule has 1 aromatic heterocycles. The number of carboxylic acid groups (broad SMARTS) is 1. The van der Waals surface area contributed by atoms with Gasteiger partial charge in [0.1, 0.15) is 9.77 Å². The third-order valence-electron chi connectivity index (χ3n) is 2.04. The van der Waals surface area contributed by atoms with Gasteiger partial charge in [-0.15, -0.1) is 11.3 Å². The van der Waals surface area contributed by atoms with Crippen LogP contribution in [-0.2, 0) is 10.0 Å². The lowest BCUT2D eigenvalue weighted by molar-refractivity contribution is -0.135. The minimum Gasteiger partial charge on any atom is -0.477 e. The molecule has 1 rings (SSSR count). The number of carbonyl (C=O) groups is 1. The highest BCUT2D eigenvalue weighted by Gasteiger charge is 2.27. The van der Waals surface area contributed by atoms with Crippen LogP contribution in [0.5, 0.6) is 0 Å². The Morgan fingerprint density at radius 3 is 2.58 bits per heavy atom. The lowest BCUT2D eigenvalue weighted by atomic mass is 10.3. The van der Waals surface area contributed by atoms with Gasteiger partial charge in [0, 0.05) is 13.0 Å². The van der Waals surface area contributed by atoms with Gasteiger partial charge >= 0.3 is 12.1 Å². The van der Waals surface area contributed by atoms with Crippen LogP contribution in [0.2, 0.25) is 0 Å². The van der Waals surface area contributed by atoms with Crippen LogP contribution >= 0.6 is 11.3 Å². The maximum Gasteiger partial charge on any atom is 0.389 e. The van der Waals surface area contributed by atoms with Crippen molar-refractivity contribution in [2.45, 2.75) is 23.9 Å². The zero-order valence-electron chi connectivity index (χ0n) is 9.40. The van der Waals surface area contributed by atoms with Gasteiger partial charge in [0.15, 0.2) is 0 Å². The summed E-state index contributed by atoms with van der Waals surface area (Å²) >= 11 is 0.729. The summed E-state index contributed by atoms with van der Waals surface area (Å²) in [7, 11) is -4.10. The molecule has 0 aliphatic heterocycles. The summed E-state index contributed by atoms with van der Waals surface area (Å²) in [5.41, 5.74) is 0. The molecule has 0 atom stereocenters. The molecule has 0 bridgehead atoms. The predicted molar refractivity (Wildman–Crippen MR) is 61.8 cm³/mol. The van der Waals surface area contributed by atoms with Gasteiger partial charge in [-0.1, -0.05) is 0 Å². The summed E-state index contributed by atoms with van der Waals surface area (Å²) in [6.07, 6.45) is -5.86. The maximum atomic E-state index is 11.9. The number of nitrogens with one attached hydrogen (secondary N) is 1. The fraction of sp³-hybridized carbons (Fsp3) is 0.444. The highest BCUT2D eigenvalue weighted by atomic mass is 32.2. The summed E-state index contributed by atoms with van der Waals surface area (Å²) in [4.78, 5) is 9.96. The molecular weight excluding hydrogens is 307 g/mol. The van der Waals surface area contributed by atoms with E-state index >= 15 is 0 Å². The summed E-state index contributed by atoms with van der Waals surface area (Å²) < 4.78 is 60.9. The molecule has 0 saturated carbocycles. The summed E-state index contributed by atoms with van der Waals surface area (Å²) in [6.45, 7) is -0.406. The number of hydrogen-bond donors (Lipinski definition) is 2. The second kappa shape index (κ2) is 5.88. The van der Waals surface area contributed by atoms with Gasteiger partial charge in [0.25, 0.3) is 0 Å². The third kappa shape index (κ3) is 4.80. The van der Waals surface area contributed by atoms with Crippen molar-refractivity contribution in [2.75, 3.05) is 6.54 Å². The summed E-state index contributed by atoms with van der Waals surface area (Å²) in [6, 6.07) is 1.10. The predicted octanol–water partition coefficient (Wildman–Crippen LogP) is 2.07. The van der Waals surface area contributed by atoms with Gasteiger partial charge in [-0.25, -0.2) is 17.9 Å². The van der Waals surface area contributed by atoms with Gasteiger partial charge in [0.2, 0.25) is 10.0 Å². The zero-order valence-corrected chi connectivity index (χ0v) is 11.0. The van der Waals surface area contributed by atoms with E-state index in [1.165, 1.54) is 5.38 Å². The van der Waals surface area contributed by atoms with Gasteiger partial charge in [-0.05, 0) is 17.9 Å².